The van der Waals surface area contributed by atoms with Gasteiger partial charge in [0, 0.05) is 12.1 Å². The zero-order valence-corrected chi connectivity index (χ0v) is 12.9. The van der Waals surface area contributed by atoms with Crippen LogP contribution in [0.5, 0.6) is 0 Å². The summed E-state index contributed by atoms with van der Waals surface area (Å²) in [5, 5.41) is 0. The van der Waals surface area contributed by atoms with Gasteiger partial charge in [0.1, 0.15) is 10.2 Å². The van der Waals surface area contributed by atoms with Crippen LogP contribution in [0.15, 0.2) is 27.6 Å². The molecule has 0 aliphatic heterocycles. The highest BCUT2D eigenvalue weighted by atomic mass is 79.9. The van der Waals surface area contributed by atoms with Crippen molar-refractivity contribution in [2.75, 3.05) is 0 Å². The lowest BCUT2D eigenvalue weighted by molar-refractivity contribution is 0.688. The predicted octanol–water partition coefficient (Wildman–Crippen LogP) is 3.56. The van der Waals surface area contributed by atoms with Gasteiger partial charge in [-0.05, 0) is 53.4 Å². The average Bonchev–Trinajstić information content (AvgIpc) is 2.95. The molecule has 2 aromatic heterocycles. The highest BCUT2D eigenvalue weighted by Gasteiger charge is 2.23. The SMILES string of the molecule is Cc1ccnc(-c2nc(C3CCCC3)c(Br)c(=O)[nH]2)c1. The monoisotopic (exact) mass is 333 g/mol. The Bertz CT molecular complexity index is 690. The average molecular weight is 334 g/mol. The maximum Gasteiger partial charge on any atom is 0.265 e. The van der Waals surface area contributed by atoms with Gasteiger partial charge in [-0.3, -0.25) is 9.78 Å². The van der Waals surface area contributed by atoms with Gasteiger partial charge in [0.05, 0.1) is 5.69 Å². The van der Waals surface area contributed by atoms with Crippen molar-refractivity contribution in [2.24, 2.45) is 0 Å². The van der Waals surface area contributed by atoms with Crippen LogP contribution in [0, 0.1) is 6.92 Å². The molecule has 1 aliphatic carbocycles. The number of nitrogens with one attached hydrogen (secondary N) is 1. The van der Waals surface area contributed by atoms with Gasteiger partial charge in [-0.25, -0.2) is 4.98 Å². The number of rotatable bonds is 2. The third kappa shape index (κ3) is 2.54. The molecular weight excluding hydrogens is 318 g/mol. The molecule has 0 unspecified atom stereocenters. The Balaban J connectivity index is 2.11. The first-order valence-corrected chi connectivity index (χ1v) is 7.67. The molecule has 0 saturated heterocycles. The number of hydrogen-bond acceptors (Lipinski definition) is 3. The Morgan fingerprint density at radius 3 is 2.80 bits per heavy atom. The molecule has 3 rings (SSSR count). The van der Waals surface area contributed by atoms with E-state index in [1.165, 1.54) is 12.8 Å². The van der Waals surface area contributed by atoms with Crippen molar-refractivity contribution in [1.29, 1.82) is 0 Å². The Morgan fingerprint density at radius 2 is 2.10 bits per heavy atom. The quantitative estimate of drug-likeness (QED) is 0.913. The maximum absolute atomic E-state index is 12.1. The van der Waals surface area contributed by atoms with Crippen LogP contribution >= 0.6 is 15.9 Å². The summed E-state index contributed by atoms with van der Waals surface area (Å²) in [5.41, 5.74) is 2.57. The minimum atomic E-state index is -0.125. The molecule has 2 heterocycles. The van der Waals surface area contributed by atoms with Crippen LogP contribution in [0.25, 0.3) is 11.5 Å². The third-order valence-corrected chi connectivity index (χ3v) is 4.55. The van der Waals surface area contributed by atoms with Crippen molar-refractivity contribution < 1.29 is 0 Å². The minimum absolute atomic E-state index is 0.125. The number of aromatic nitrogens is 3. The van der Waals surface area contributed by atoms with E-state index in [2.05, 4.69) is 30.9 Å². The zero-order chi connectivity index (χ0) is 14.1. The second-order valence-electron chi connectivity index (χ2n) is 5.31. The molecule has 1 fully saturated rings. The van der Waals surface area contributed by atoms with Crippen LogP contribution < -0.4 is 5.56 Å². The number of aryl methyl sites for hydroxylation is 1. The van der Waals surface area contributed by atoms with Crippen LogP contribution in [0.4, 0.5) is 0 Å². The Kier molecular flexibility index (Phi) is 3.70. The number of nitrogens with zero attached hydrogens (tertiary/aromatic N) is 2. The summed E-state index contributed by atoms with van der Waals surface area (Å²) in [6, 6.07) is 3.86. The number of hydrogen-bond donors (Lipinski definition) is 1. The first-order chi connectivity index (χ1) is 9.65. The van der Waals surface area contributed by atoms with Crippen molar-refractivity contribution in [3.63, 3.8) is 0 Å². The van der Waals surface area contributed by atoms with Gasteiger partial charge in [-0.15, -0.1) is 0 Å². The van der Waals surface area contributed by atoms with Crippen molar-refractivity contribution in [3.05, 3.63) is 44.4 Å². The van der Waals surface area contributed by atoms with E-state index in [0.29, 0.717) is 21.9 Å². The van der Waals surface area contributed by atoms with Crippen LogP contribution in [0.3, 0.4) is 0 Å². The van der Waals surface area contributed by atoms with Gasteiger partial charge in [-0.2, -0.15) is 0 Å². The van der Waals surface area contributed by atoms with E-state index in [1.54, 1.807) is 6.20 Å². The Morgan fingerprint density at radius 1 is 1.35 bits per heavy atom. The molecule has 4 nitrogen and oxygen atoms in total. The fourth-order valence-corrected chi connectivity index (χ4v) is 3.24. The minimum Gasteiger partial charge on any atom is -0.304 e. The fraction of sp³-hybridized carbons (Fsp3) is 0.400. The van der Waals surface area contributed by atoms with E-state index < -0.39 is 0 Å². The molecule has 2 aromatic rings. The lowest BCUT2D eigenvalue weighted by Gasteiger charge is -2.12. The highest BCUT2D eigenvalue weighted by molar-refractivity contribution is 9.10. The molecule has 20 heavy (non-hydrogen) atoms. The molecule has 5 heteroatoms. The highest BCUT2D eigenvalue weighted by Crippen LogP contribution is 2.35. The number of pyridine rings is 1. The second kappa shape index (κ2) is 5.48. The second-order valence-corrected chi connectivity index (χ2v) is 6.11. The summed E-state index contributed by atoms with van der Waals surface area (Å²) in [6.07, 6.45) is 6.38. The number of halogens is 1. The summed E-state index contributed by atoms with van der Waals surface area (Å²) >= 11 is 3.38. The van der Waals surface area contributed by atoms with Crippen LogP contribution in [0.2, 0.25) is 0 Å². The van der Waals surface area contributed by atoms with Gasteiger partial charge in [-0.1, -0.05) is 12.8 Å². The van der Waals surface area contributed by atoms with E-state index >= 15 is 0 Å². The third-order valence-electron chi connectivity index (χ3n) is 3.79. The van der Waals surface area contributed by atoms with Gasteiger partial charge in [0.25, 0.3) is 5.56 Å². The van der Waals surface area contributed by atoms with E-state index in [9.17, 15) is 4.79 Å². The van der Waals surface area contributed by atoms with Crippen LogP contribution in [-0.4, -0.2) is 15.0 Å². The fourth-order valence-electron chi connectivity index (χ4n) is 2.73. The first-order valence-electron chi connectivity index (χ1n) is 6.88. The zero-order valence-electron chi connectivity index (χ0n) is 11.3. The summed E-state index contributed by atoms with van der Waals surface area (Å²) in [7, 11) is 0. The maximum atomic E-state index is 12.1. The van der Waals surface area contributed by atoms with Gasteiger partial charge in [0.2, 0.25) is 0 Å². The Hall–Kier alpha value is -1.49. The molecule has 1 N–H and O–H groups in total. The molecule has 104 valence electrons. The molecule has 1 saturated carbocycles. The topological polar surface area (TPSA) is 58.6 Å². The summed E-state index contributed by atoms with van der Waals surface area (Å²) in [5.74, 6) is 0.944. The van der Waals surface area contributed by atoms with Gasteiger partial charge < -0.3 is 4.98 Å². The van der Waals surface area contributed by atoms with Gasteiger partial charge in [0.15, 0.2) is 5.82 Å². The smallest absolute Gasteiger partial charge is 0.265 e. The standard InChI is InChI=1S/C15H16BrN3O/c1-9-6-7-17-11(8-9)14-18-13(10-4-2-3-5-10)12(16)15(20)19-14/h6-8,10H,2-5H2,1H3,(H,18,19,20). The lowest BCUT2D eigenvalue weighted by atomic mass is 10.0. The molecular formula is C15H16BrN3O. The van der Waals surface area contributed by atoms with Crippen molar-refractivity contribution >= 4 is 15.9 Å². The molecule has 0 bridgehead atoms. The van der Waals surface area contributed by atoms with E-state index in [0.717, 1.165) is 24.1 Å². The predicted molar refractivity (Wildman–Crippen MR) is 81.7 cm³/mol. The van der Waals surface area contributed by atoms with E-state index in [4.69, 9.17) is 0 Å². The lowest BCUT2D eigenvalue weighted by Crippen LogP contribution is -2.15. The molecule has 0 amide bonds. The molecule has 0 atom stereocenters. The molecule has 0 radical (unpaired) electrons. The molecule has 1 aliphatic rings. The van der Waals surface area contributed by atoms with Crippen molar-refractivity contribution in [2.45, 2.75) is 38.5 Å². The summed E-state index contributed by atoms with van der Waals surface area (Å²) in [4.78, 5) is 23.9. The van der Waals surface area contributed by atoms with Crippen LogP contribution in [0.1, 0.15) is 42.9 Å². The largest absolute Gasteiger partial charge is 0.304 e. The van der Waals surface area contributed by atoms with Crippen molar-refractivity contribution in [3.8, 4) is 11.5 Å². The summed E-state index contributed by atoms with van der Waals surface area (Å²) in [6.45, 7) is 2.00. The number of aromatic amines is 1. The molecule has 0 spiro atoms. The summed E-state index contributed by atoms with van der Waals surface area (Å²) < 4.78 is 0.570. The molecule has 0 aromatic carbocycles. The van der Waals surface area contributed by atoms with Crippen molar-refractivity contribution in [1.82, 2.24) is 15.0 Å². The first kappa shape index (κ1) is 13.5. The normalized spacial score (nSPS) is 15.7. The van der Waals surface area contributed by atoms with Gasteiger partial charge >= 0.3 is 0 Å². The number of H-pyrrole nitrogens is 1. The van der Waals surface area contributed by atoms with E-state index in [1.807, 2.05) is 19.1 Å². The van der Waals surface area contributed by atoms with Crippen LogP contribution in [-0.2, 0) is 0 Å². The Labute approximate surface area is 125 Å². The van der Waals surface area contributed by atoms with E-state index in [-0.39, 0.29) is 5.56 Å².